The van der Waals surface area contributed by atoms with E-state index < -0.39 is 11.5 Å². The van der Waals surface area contributed by atoms with Gasteiger partial charge in [-0.3, -0.25) is 4.79 Å². The second-order valence-electron chi connectivity index (χ2n) is 5.11. The zero-order valence-electron chi connectivity index (χ0n) is 11.2. The maximum atomic E-state index is 12.3. The van der Waals surface area contributed by atoms with E-state index in [9.17, 15) is 9.59 Å². The topological polar surface area (TPSA) is 60.9 Å². The lowest BCUT2D eigenvalue weighted by molar-refractivity contribution is -0.122. The Morgan fingerprint density at radius 3 is 2.37 bits per heavy atom. The number of rotatable bonds is 1. The van der Waals surface area contributed by atoms with Gasteiger partial charge in [-0.25, -0.2) is 4.79 Å². The first kappa shape index (κ1) is 13.9. The van der Waals surface area contributed by atoms with Crippen molar-refractivity contribution in [3.05, 3.63) is 22.2 Å². The fourth-order valence-electron chi connectivity index (χ4n) is 2.22. The number of benzene rings is 1. The smallest absolute Gasteiger partial charge is 0.336 e. The Labute approximate surface area is 119 Å². The first-order valence-electron chi connectivity index (χ1n) is 5.76. The Balaban J connectivity index is 2.71. The van der Waals surface area contributed by atoms with Crippen LogP contribution in [0.5, 0.6) is 0 Å². The average molecular weight is 327 g/mol. The Morgan fingerprint density at radius 2 is 1.84 bits per heavy atom. The molecule has 2 rings (SSSR count). The van der Waals surface area contributed by atoms with Crippen molar-refractivity contribution in [3.8, 4) is 0 Å². The van der Waals surface area contributed by atoms with E-state index in [1.165, 1.54) is 11.0 Å². The number of carbonyl (C=O) groups excluding carboxylic acids is 1. The number of hydrogen-bond acceptors (Lipinski definition) is 3. The SMILES string of the molecule is CN1C(=O)C(C)(C)N(C)c2cc(Br)c(C(=O)O)cc21. The zero-order chi connectivity index (χ0) is 14.5. The van der Waals surface area contributed by atoms with Crippen LogP contribution in [0.4, 0.5) is 11.4 Å². The van der Waals surface area contributed by atoms with Gasteiger partial charge in [0.2, 0.25) is 0 Å². The monoisotopic (exact) mass is 326 g/mol. The second-order valence-corrected chi connectivity index (χ2v) is 5.96. The third kappa shape index (κ3) is 1.90. The van der Waals surface area contributed by atoms with Gasteiger partial charge in [0.15, 0.2) is 0 Å². The fourth-order valence-corrected chi connectivity index (χ4v) is 2.72. The number of fused-ring (bicyclic) bond motifs is 1. The van der Waals surface area contributed by atoms with Crippen LogP contribution in [0.1, 0.15) is 24.2 Å². The van der Waals surface area contributed by atoms with E-state index in [-0.39, 0.29) is 11.5 Å². The van der Waals surface area contributed by atoms with Crippen molar-refractivity contribution in [1.82, 2.24) is 0 Å². The van der Waals surface area contributed by atoms with Gasteiger partial charge < -0.3 is 14.9 Å². The van der Waals surface area contributed by atoms with Crippen molar-refractivity contribution in [1.29, 1.82) is 0 Å². The highest BCUT2D eigenvalue weighted by Crippen LogP contribution is 2.41. The third-order valence-electron chi connectivity index (χ3n) is 3.68. The van der Waals surface area contributed by atoms with Crippen LogP contribution in [-0.4, -0.2) is 36.6 Å². The number of carboxylic acid groups (broad SMARTS) is 1. The van der Waals surface area contributed by atoms with E-state index in [4.69, 9.17) is 5.11 Å². The first-order valence-corrected chi connectivity index (χ1v) is 6.56. The molecule has 102 valence electrons. The van der Waals surface area contributed by atoms with Crippen molar-refractivity contribution < 1.29 is 14.7 Å². The van der Waals surface area contributed by atoms with Gasteiger partial charge in [-0.05, 0) is 41.9 Å². The molecule has 5 nitrogen and oxygen atoms in total. The molecule has 0 saturated carbocycles. The van der Waals surface area contributed by atoms with Gasteiger partial charge >= 0.3 is 5.97 Å². The maximum Gasteiger partial charge on any atom is 0.336 e. The Morgan fingerprint density at radius 1 is 1.26 bits per heavy atom. The van der Waals surface area contributed by atoms with Crippen LogP contribution >= 0.6 is 15.9 Å². The minimum atomic E-state index is -1.02. The predicted molar refractivity (Wildman–Crippen MR) is 77.0 cm³/mol. The number of likely N-dealkylation sites (N-methyl/N-ethyl adjacent to an activating group) is 2. The number of halogens is 1. The lowest BCUT2D eigenvalue weighted by Gasteiger charge is -2.45. The minimum absolute atomic E-state index is 0.0684. The summed E-state index contributed by atoms with van der Waals surface area (Å²) in [6.45, 7) is 3.68. The lowest BCUT2D eigenvalue weighted by Crippen LogP contribution is -2.57. The number of hydrogen-bond donors (Lipinski definition) is 1. The molecule has 0 bridgehead atoms. The largest absolute Gasteiger partial charge is 0.478 e. The molecule has 6 heteroatoms. The van der Waals surface area contributed by atoms with E-state index in [2.05, 4.69) is 15.9 Å². The van der Waals surface area contributed by atoms with Crippen molar-refractivity contribution in [3.63, 3.8) is 0 Å². The molecule has 1 N–H and O–H groups in total. The highest BCUT2D eigenvalue weighted by atomic mass is 79.9. The van der Waals surface area contributed by atoms with Crippen LogP contribution in [0.2, 0.25) is 0 Å². The molecule has 1 aliphatic heterocycles. The molecule has 0 fully saturated rings. The molecule has 1 amide bonds. The number of carboxylic acids is 1. The second kappa shape index (κ2) is 4.23. The molecule has 0 aromatic heterocycles. The van der Waals surface area contributed by atoms with Crippen LogP contribution in [-0.2, 0) is 4.79 Å². The molecule has 0 atom stereocenters. The quantitative estimate of drug-likeness (QED) is 0.860. The van der Waals surface area contributed by atoms with Crippen LogP contribution in [0.3, 0.4) is 0 Å². The molecule has 19 heavy (non-hydrogen) atoms. The Kier molecular flexibility index (Phi) is 3.09. The number of carbonyl (C=O) groups is 2. The van der Waals surface area contributed by atoms with Crippen LogP contribution in [0, 0.1) is 0 Å². The molecule has 1 aromatic rings. The van der Waals surface area contributed by atoms with Crippen LogP contribution < -0.4 is 9.80 Å². The van der Waals surface area contributed by atoms with E-state index >= 15 is 0 Å². The number of amides is 1. The minimum Gasteiger partial charge on any atom is -0.478 e. The van der Waals surface area contributed by atoms with E-state index in [1.54, 1.807) is 13.1 Å². The molecule has 0 spiro atoms. The molecular formula is C13H15BrN2O3. The van der Waals surface area contributed by atoms with Crippen molar-refractivity contribution in [2.45, 2.75) is 19.4 Å². The summed E-state index contributed by atoms with van der Waals surface area (Å²) in [6.07, 6.45) is 0. The maximum absolute atomic E-state index is 12.3. The van der Waals surface area contributed by atoms with Gasteiger partial charge in [0.05, 0.1) is 16.9 Å². The number of anilines is 2. The summed E-state index contributed by atoms with van der Waals surface area (Å²) in [4.78, 5) is 26.8. The standard InChI is InChI=1S/C13H15BrN2O3/c1-13(2)12(19)15(3)9-5-7(11(17)18)8(14)6-10(9)16(13)4/h5-6H,1-4H3,(H,17,18). The average Bonchev–Trinajstić information content (AvgIpc) is 2.33. The summed E-state index contributed by atoms with van der Waals surface area (Å²) in [5, 5.41) is 9.14. The molecule has 1 aromatic carbocycles. The van der Waals surface area contributed by atoms with Gasteiger partial charge in [-0.2, -0.15) is 0 Å². The summed E-state index contributed by atoms with van der Waals surface area (Å²) in [7, 11) is 3.49. The molecular weight excluding hydrogens is 312 g/mol. The molecule has 0 unspecified atom stereocenters. The molecule has 0 radical (unpaired) electrons. The summed E-state index contributed by atoms with van der Waals surface area (Å²) < 4.78 is 0.504. The highest BCUT2D eigenvalue weighted by molar-refractivity contribution is 9.10. The van der Waals surface area contributed by atoms with Crippen molar-refractivity contribution in [2.75, 3.05) is 23.9 Å². The van der Waals surface area contributed by atoms with Gasteiger partial charge in [0, 0.05) is 18.6 Å². The zero-order valence-corrected chi connectivity index (χ0v) is 12.8. The first-order chi connectivity index (χ1) is 8.67. The van der Waals surface area contributed by atoms with E-state index in [0.29, 0.717) is 10.2 Å². The lowest BCUT2D eigenvalue weighted by atomic mass is 9.95. The van der Waals surface area contributed by atoms with Gasteiger partial charge in [0.1, 0.15) is 5.54 Å². The van der Waals surface area contributed by atoms with E-state index in [0.717, 1.165) is 5.69 Å². The number of nitrogens with zero attached hydrogens (tertiary/aromatic N) is 2. The van der Waals surface area contributed by atoms with Gasteiger partial charge in [0.25, 0.3) is 5.91 Å². The summed E-state index contributed by atoms with van der Waals surface area (Å²) in [5.41, 5.74) is 0.911. The third-order valence-corrected chi connectivity index (χ3v) is 4.34. The molecule has 0 saturated heterocycles. The van der Waals surface area contributed by atoms with Crippen LogP contribution in [0.15, 0.2) is 16.6 Å². The van der Waals surface area contributed by atoms with Gasteiger partial charge in [-0.15, -0.1) is 0 Å². The molecule has 0 aliphatic carbocycles. The normalized spacial score (nSPS) is 17.4. The molecule has 1 heterocycles. The molecule has 1 aliphatic rings. The predicted octanol–water partition coefficient (Wildman–Crippen LogP) is 2.34. The summed E-state index contributed by atoms with van der Waals surface area (Å²) >= 11 is 3.27. The fraction of sp³-hybridized carbons (Fsp3) is 0.385. The van der Waals surface area contributed by atoms with Crippen LogP contribution in [0.25, 0.3) is 0 Å². The van der Waals surface area contributed by atoms with Crippen molar-refractivity contribution >= 4 is 39.2 Å². The van der Waals surface area contributed by atoms with Crippen molar-refractivity contribution in [2.24, 2.45) is 0 Å². The summed E-state index contributed by atoms with van der Waals surface area (Å²) in [5.74, 6) is -1.09. The Bertz CT molecular complexity index is 583. The number of aromatic carboxylic acids is 1. The summed E-state index contributed by atoms with van der Waals surface area (Å²) in [6, 6.07) is 3.26. The highest BCUT2D eigenvalue weighted by Gasteiger charge is 2.41. The Hall–Kier alpha value is -1.56. The van der Waals surface area contributed by atoms with E-state index in [1.807, 2.05) is 25.8 Å². The van der Waals surface area contributed by atoms with Gasteiger partial charge in [-0.1, -0.05) is 0 Å².